The SMILES string of the molecule is Cc1cccc(CN2CCN(CC(C)CN)CC2)c1. The third kappa shape index (κ3) is 4.60. The Hall–Kier alpha value is -0.900. The van der Waals surface area contributed by atoms with Gasteiger partial charge in [0.05, 0.1) is 0 Å². The smallest absolute Gasteiger partial charge is 0.0234 e. The van der Waals surface area contributed by atoms with E-state index in [-0.39, 0.29) is 0 Å². The standard InChI is InChI=1S/C16H27N3/c1-14-4-3-5-16(10-14)13-19-8-6-18(7-9-19)12-15(2)11-17/h3-5,10,15H,6-9,11-13,17H2,1-2H3. The summed E-state index contributed by atoms with van der Waals surface area (Å²) in [5.41, 5.74) is 8.48. The number of nitrogens with two attached hydrogens (primary N) is 1. The van der Waals surface area contributed by atoms with Crippen molar-refractivity contribution < 1.29 is 0 Å². The molecule has 2 N–H and O–H groups in total. The molecular formula is C16H27N3. The van der Waals surface area contributed by atoms with E-state index in [4.69, 9.17) is 5.73 Å². The fourth-order valence-electron chi connectivity index (χ4n) is 2.71. The second kappa shape index (κ2) is 7.04. The zero-order valence-corrected chi connectivity index (χ0v) is 12.3. The van der Waals surface area contributed by atoms with Crippen LogP contribution >= 0.6 is 0 Å². The molecule has 19 heavy (non-hydrogen) atoms. The number of hydrogen-bond acceptors (Lipinski definition) is 3. The Bertz CT molecular complexity index is 383. The molecule has 1 aromatic carbocycles. The van der Waals surface area contributed by atoms with Crippen LogP contribution in [0.5, 0.6) is 0 Å². The van der Waals surface area contributed by atoms with Crippen LogP contribution in [0.25, 0.3) is 0 Å². The van der Waals surface area contributed by atoms with E-state index in [9.17, 15) is 0 Å². The highest BCUT2D eigenvalue weighted by atomic mass is 15.3. The maximum atomic E-state index is 5.70. The van der Waals surface area contributed by atoms with Crippen molar-refractivity contribution in [3.05, 3.63) is 35.4 Å². The van der Waals surface area contributed by atoms with Gasteiger partial charge in [-0.3, -0.25) is 4.90 Å². The predicted octanol–water partition coefficient (Wildman–Crippen LogP) is 1.71. The predicted molar refractivity (Wildman–Crippen MR) is 81.1 cm³/mol. The lowest BCUT2D eigenvalue weighted by Gasteiger charge is -2.35. The maximum Gasteiger partial charge on any atom is 0.0234 e. The maximum absolute atomic E-state index is 5.70. The minimum atomic E-state index is 0.614. The van der Waals surface area contributed by atoms with E-state index in [1.165, 1.54) is 37.3 Å². The van der Waals surface area contributed by atoms with Crippen LogP contribution in [0.2, 0.25) is 0 Å². The molecule has 1 atom stereocenters. The summed E-state index contributed by atoms with van der Waals surface area (Å²) >= 11 is 0. The molecule has 0 aromatic heterocycles. The lowest BCUT2D eigenvalue weighted by Crippen LogP contribution is -2.47. The number of nitrogens with zero attached hydrogens (tertiary/aromatic N) is 2. The molecule has 0 radical (unpaired) electrons. The van der Waals surface area contributed by atoms with Crippen LogP contribution in [0.1, 0.15) is 18.1 Å². The molecule has 0 saturated carbocycles. The third-order valence-electron chi connectivity index (χ3n) is 3.93. The normalized spacial score (nSPS) is 19.5. The lowest BCUT2D eigenvalue weighted by atomic mass is 10.1. The highest BCUT2D eigenvalue weighted by Crippen LogP contribution is 2.11. The lowest BCUT2D eigenvalue weighted by molar-refractivity contribution is 0.116. The molecule has 3 heteroatoms. The first kappa shape index (κ1) is 14.5. The first-order chi connectivity index (χ1) is 9.17. The van der Waals surface area contributed by atoms with E-state index in [1.54, 1.807) is 0 Å². The van der Waals surface area contributed by atoms with E-state index < -0.39 is 0 Å². The van der Waals surface area contributed by atoms with Gasteiger partial charge in [-0.25, -0.2) is 0 Å². The van der Waals surface area contributed by atoms with Crippen LogP contribution < -0.4 is 5.73 Å². The van der Waals surface area contributed by atoms with Crippen molar-refractivity contribution in [3.63, 3.8) is 0 Å². The van der Waals surface area contributed by atoms with Gasteiger partial charge in [0.15, 0.2) is 0 Å². The summed E-state index contributed by atoms with van der Waals surface area (Å²) in [6, 6.07) is 8.85. The van der Waals surface area contributed by atoms with E-state index in [0.29, 0.717) is 5.92 Å². The Morgan fingerprint density at radius 3 is 2.47 bits per heavy atom. The molecule has 106 valence electrons. The molecule has 0 amide bonds. The summed E-state index contributed by atoms with van der Waals surface area (Å²) < 4.78 is 0. The average Bonchev–Trinajstić information content (AvgIpc) is 2.41. The second-order valence-corrected chi connectivity index (χ2v) is 5.91. The van der Waals surface area contributed by atoms with Gasteiger partial charge in [0.1, 0.15) is 0 Å². The van der Waals surface area contributed by atoms with Gasteiger partial charge in [0, 0.05) is 39.3 Å². The Kier molecular flexibility index (Phi) is 5.37. The zero-order chi connectivity index (χ0) is 13.7. The Balaban J connectivity index is 1.77. The van der Waals surface area contributed by atoms with Gasteiger partial charge in [-0.15, -0.1) is 0 Å². The summed E-state index contributed by atoms with van der Waals surface area (Å²) in [5, 5.41) is 0. The number of piperazine rings is 1. The van der Waals surface area contributed by atoms with Gasteiger partial charge >= 0.3 is 0 Å². The first-order valence-corrected chi connectivity index (χ1v) is 7.37. The molecule has 0 spiro atoms. The van der Waals surface area contributed by atoms with Crippen LogP contribution in [0.4, 0.5) is 0 Å². The molecular weight excluding hydrogens is 234 g/mol. The van der Waals surface area contributed by atoms with Crippen molar-refractivity contribution in [2.24, 2.45) is 11.7 Å². The van der Waals surface area contributed by atoms with Gasteiger partial charge in [0.25, 0.3) is 0 Å². The highest BCUT2D eigenvalue weighted by Gasteiger charge is 2.18. The Morgan fingerprint density at radius 2 is 1.84 bits per heavy atom. The van der Waals surface area contributed by atoms with Crippen molar-refractivity contribution in [3.8, 4) is 0 Å². The summed E-state index contributed by atoms with van der Waals surface area (Å²) in [6.07, 6.45) is 0. The van der Waals surface area contributed by atoms with Crippen molar-refractivity contribution in [2.75, 3.05) is 39.3 Å². The molecule has 1 aliphatic rings. The highest BCUT2D eigenvalue weighted by molar-refractivity contribution is 5.22. The quantitative estimate of drug-likeness (QED) is 0.876. The monoisotopic (exact) mass is 261 g/mol. The summed E-state index contributed by atoms with van der Waals surface area (Å²) in [4.78, 5) is 5.10. The average molecular weight is 261 g/mol. The summed E-state index contributed by atoms with van der Waals surface area (Å²) in [5.74, 6) is 0.614. The molecule has 1 aliphatic heterocycles. The number of benzene rings is 1. The van der Waals surface area contributed by atoms with Gasteiger partial charge < -0.3 is 10.6 Å². The molecule has 3 nitrogen and oxygen atoms in total. The van der Waals surface area contributed by atoms with Gasteiger partial charge in [-0.1, -0.05) is 36.8 Å². The van der Waals surface area contributed by atoms with Crippen LogP contribution in [-0.4, -0.2) is 49.1 Å². The fourth-order valence-corrected chi connectivity index (χ4v) is 2.71. The minimum absolute atomic E-state index is 0.614. The molecule has 2 rings (SSSR count). The topological polar surface area (TPSA) is 32.5 Å². The fraction of sp³-hybridized carbons (Fsp3) is 0.625. The number of rotatable bonds is 5. The zero-order valence-electron chi connectivity index (χ0n) is 12.3. The Morgan fingerprint density at radius 1 is 1.16 bits per heavy atom. The van der Waals surface area contributed by atoms with Crippen LogP contribution in [0.15, 0.2) is 24.3 Å². The van der Waals surface area contributed by atoms with E-state index in [2.05, 4.69) is 47.9 Å². The van der Waals surface area contributed by atoms with E-state index >= 15 is 0 Å². The first-order valence-electron chi connectivity index (χ1n) is 7.37. The molecule has 1 fully saturated rings. The van der Waals surface area contributed by atoms with E-state index in [0.717, 1.165) is 19.6 Å². The molecule has 1 heterocycles. The van der Waals surface area contributed by atoms with Crippen molar-refractivity contribution in [2.45, 2.75) is 20.4 Å². The molecule has 1 unspecified atom stereocenters. The van der Waals surface area contributed by atoms with Crippen LogP contribution in [-0.2, 0) is 6.54 Å². The van der Waals surface area contributed by atoms with Gasteiger partial charge in [0.2, 0.25) is 0 Å². The summed E-state index contributed by atoms with van der Waals surface area (Å²) in [7, 11) is 0. The summed E-state index contributed by atoms with van der Waals surface area (Å²) in [6.45, 7) is 12.1. The van der Waals surface area contributed by atoms with Gasteiger partial charge in [-0.05, 0) is 24.9 Å². The Labute approximate surface area is 117 Å². The van der Waals surface area contributed by atoms with Crippen molar-refractivity contribution in [1.82, 2.24) is 9.80 Å². The largest absolute Gasteiger partial charge is 0.330 e. The number of aryl methyl sites for hydroxylation is 1. The molecule has 0 aliphatic carbocycles. The van der Waals surface area contributed by atoms with Crippen molar-refractivity contribution in [1.29, 1.82) is 0 Å². The van der Waals surface area contributed by atoms with Crippen LogP contribution in [0.3, 0.4) is 0 Å². The third-order valence-corrected chi connectivity index (χ3v) is 3.93. The minimum Gasteiger partial charge on any atom is -0.330 e. The van der Waals surface area contributed by atoms with Crippen LogP contribution in [0, 0.1) is 12.8 Å². The van der Waals surface area contributed by atoms with Crippen molar-refractivity contribution >= 4 is 0 Å². The second-order valence-electron chi connectivity index (χ2n) is 5.91. The number of hydrogen-bond donors (Lipinski definition) is 1. The molecule has 0 bridgehead atoms. The molecule has 1 aromatic rings. The van der Waals surface area contributed by atoms with E-state index in [1.807, 2.05) is 0 Å². The van der Waals surface area contributed by atoms with Gasteiger partial charge in [-0.2, -0.15) is 0 Å². The molecule has 1 saturated heterocycles.